The summed E-state index contributed by atoms with van der Waals surface area (Å²) in [6.07, 6.45) is 2.17. The molecule has 26 heavy (non-hydrogen) atoms. The van der Waals surface area contributed by atoms with Crippen molar-refractivity contribution in [2.45, 2.75) is 17.1 Å². The predicted molar refractivity (Wildman–Crippen MR) is 97.6 cm³/mol. The summed E-state index contributed by atoms with van der Waals surface area (Å²) in [5, 5.41) is 4.16. The summed E-state index contributed by atoms with van der Waals surface area (Å²) in [4.78, 5) is 23.5. The Morgan fingerprint density at radius 1 is 1.15 bits per heavy atom. The van der Waals surface area contributed by atoms with Crippen LogP contribution in [0.15, 0.2) is 46.0 Å². The van der Waals surface area contributed by atoms with Crippen molar-refractivity contribution in [2.75, 3.05) is 17.9 Å². The Balaban J connectivity index is 1.51. The number of hydrogen-bond acceptors (Lipinski definition) is 6. The zero-order valence-electron chi connectivity index (χ0n) is 13.8. The minimum absolute atomic E-state index is 0.196. The standard InChI is InChI=1S/C17H18N2O5S2/c20-15(24-11-12-3-4-12)10-18-17(21)13-5-7-14(8-6-13)19-26(22,23)16-2-1-9-25-16/h1-2,5-9,12,19H,3-4,10-11H2,(H,18,21). The fourth-order valence-corrected chi connectivity index (χ4v) is 4.16. The molecule has 1 aromatic carbocycles. The Kier molecular flexibility index (Phi) is 5.58. The molecule has 0 atom stereocenters. The molecule has 3 rings (SSSR count). The summed E-state index contributed by atoms with van der Waals surface area (Å²) in [5.74, 6) is -0.424. The van der Waals surface area contributed by atoms with Gasteiger partial charge in [0.05, 0.1) is 6.61 Å². The first-order chi connectivity index (χ1) is 12.4. The van der Waals surface area contributed by atoms with E-state index in [0.29, 0.717) is 23.8 Å². The van der Waals surface area contributed by atoms with Gasteiger partial charge in [0.15, 0.2) is 0 Å². The van der Waals surface area contributed by atoms with Crippen LogP contribution in [0.3, 0.4) is 0 Å². The Hall–Kier alpha value is -2.39. The van der Waals surface area contributed by atoms with Gasteiger partial charge in [0.25, 0.3) is 15.9 Å². The maximum Gasteiger partial charge on any atom is 0.325 e. The molecule has 0 unspecified atom stereocenters. The lowest BCUT2D eigenvalue weighted by atomic mass is 10.2. The minimum atomic E-state index is -3.63. The van der Waals surface area contributed by atoms with Gasteiger partial charge in [-0.05, 0) is 54.5 Å². The highest BCUT2D eigenvalue weighted by Gasteiger charge is 2.23. The number of carbonyl (C=O) groups excluding carboxylic acids is 2. The van der Waals surface area contributed by atoms with Gasteiger partial charge in [0.2, 0.25) is 0 Å². The average molecular weight is 394 g/mol. The summed E-state index contributed by atoms with van der Waals surface area (Å²) < 4.78 is 32.0. The number of sulfonamides is 1. The molecule has 1 aromatic heterocycles. The maximum absolute atomic E-state index is 12.1. The topological polar surface area (TPSA) is 102 Å². The first kappa shape index (κ1) is 18.4. The number of benzene rings is 1. The molecule has 2 aromatic rings. The summed E-state index contributed by atoms with van der Waals surface area (Å²) >= 11 is 1.12. The Morgan fingerprint density at radius 3 is 2.50 bits per heavy atom. The molecule has 9 heteroatoms. The summed E-state index contributed by atoms with van der Waals surface area (Å²) in [6.45, 7) is 0.214. The second-order valence-electron chi connectivity index (χ2n) is 5.92. The molecular formula is C17H18N2O5S2. The molecule has 2 N–H and O–H groups in total. The lowest BCUT2D eigenvalue weighted by Crippen LogP contribution is -2.30. The maximum atomic E-state index is 12.1. The Bertz CT molecular complexity index is 872. The summed E-state index contributed by atoms with van der Waals surface area (Å²) in [5.41, 5.74) is 0.665. The molecular weight excluding hydrogens is 376 g/mol. The lowest BCUT2D eigenvalue weighted by Gasteiger charge is -2.08. The number of rotatable bonds is 8. The number of hydrogen-bond donors (Lipinski definition) is 2. The van der Waals surface area contributed by atoms with Gasteiger partial charge in [-0.1, -0.05) is 6.07 Å². The van der Waals surface area contributed by atoms with Crippen molar-refractivity contribution < 1.29 is 22.7 Å². The van der Waals surface area contributed by atoms with E-state index in [0.717, 1.165) is 24.2 Å². The van der Waals surface area contributed by atoms with Gasteiger partial charge in [-0.15, -0.1) is 11.3 Å². The molecule has 1 amide bonds. The van der Waals surface area contributed by atoms with Gasteiger partial charge in [0.1, 0.15) is 10.8 Å². The van der Waals surface area contributed by atoms with Crippen molar-refractivity contribution >= 4 is 38.9 Å². The van der Waals surface area contributed by atoms with Crippen LogP contribution in [0, 0.1) is 5.92 Å². The van der Waals surface area contributed by atoms with Crippen molar-refractivity contribution in [3.63, 3.8) is 0 Å². The molecule has 0 saturated heterocycles. The van der Waals surface area contributed by atoms with Gasteiger partial charge < -0.3 is 10.1 Å². The van der Waals surface area contributed by atoms with E-state index in [9.17, 15) is 18.0 Å². The van der Waals surface area contributed by atoms with Crippen LogP contribution < -0.4 is 10.0 Å². The second-order valence-corrected chi connectivity index (χ2v) is 8.78. The molecule has 0 aliphatic heterocycles. The third kappa shape index (κ3) is 5.06. The van der Waals surface area contributed by atoms with Crippen molar-refractivity contribution in [3.8, 4) is 0 Å². The van der Waals surface area contributed by atoms with Crippen molar-refractivity contribution in [2.24, 2.45) is 5.92 Å². The van der Waals surface area contributed by atoms with Gasteiger partial charge in [0, 0.05) is 11.3 Å². The van der Waals surface area contributed by atoms with E-state index in [1.54, 1.807) is 11.4 Å². The van der Waals surface area contributed by atoms with Crippen molar-refractivity contribution in [1.82, 2.24) is 5.32 Å². The van der Waals surface area contributed by atoms with Gasteiger partial charge in [-0.3, -0.25) is 14.3 Å². The molecule has 1 heterocycles. The molecule has 7 nitrogen and oxygen atoms in total. The molecule has 0 spiro atoms. The van der Waals surface area contributed by atoms with E-state index in [1.807, 2.05) is 0 Å². The number of carbonyl (C=O) groups is 2. The normalized spacial score (nSPS) is 13.8. The highest BCUT2D eigenvalue weighted by atomic mass is 32.2. The summed E-state index contributed by atoms with van der Waals surface area (Å²) in [7, 11) is -3.63. The lowest BCUT2D eigenvalue weighted by molar-refractivity contribution is -0.142. The van der Waals surface area contributed by atoms with Crippen LogP contribution >= 0.6 is 11.3 Å². The molecule has 0 bridgehead atoms. The number of ether oxygens (including phenoxy) is 1. The van der Waals surface area contributed by atoms with E-state index in [1.165, 1.54) is 30.3 Å². The van der Waals surface area contributed by atoms with E-state index in [4.69, 9.17) is 4.74 Å². The Morgan fingerprint density at radius 2 is 1.88 bits per heavy atom. The third-order valence-electron chi connectivity index (χ3n) is 3.73. The fourth-order valence-electron chi connectivity index (χ4n) is 2.11. The average Bonchev–Trinajstić information content (AvgIpc) is 3.27. The number of esters is 1. The first-order valence-electron chi connectivity index (χ1n) is 8.04. The number of nitrogens with one attached hydrogen (secondary N) is 2. The minimum Gasteiger partial charge on any atom is -0.464 e. The number of amides is 1. The predicted octanol–water partition coefficient (Wildman–Crippen LogP) is 2.23. The zero-order chi connectivity index (χ0) is 18.6. The van der Waals surface area contributed by atoms with E-state index in [2.05, 4.69) is 10.0 Å². The highest BCUT2D eigenvalue weighted by molar-refractivity contribution is 7.94. The van der Waals surface area contributed by atoms with Crippen LogP contribution in [0.5, 0.6) is 0 Å². The molecule has 1 aliphatic rings. The van der Waals surface area contributed by atoms with Crippen molar-refractivity contribution in [1.29, 1.82) is 0 Å². The molecule has 1 aliphatic carbocycles. The molecule has 1 fully saturated rings. The van der Waals surface area contributed by atoms with E-state index < -0.39 is 21.9 Å². The van der Waals surface area contributed by atoms with Crippen LogP contribution in [0.1, 0.15) is 23.2 Å². The third-order valence-corrected chi connectivity index (χ3v) is 6.51. The van der Waals surface area contributed by atoms with Crippen molar-refractivity contribution in [3.05, 3.63) is 47.3 Å². The van der Waals surface area contributed by atoms with Crippen LogP contribution in [0.25, 0.3) is 0 Å². The second kappa shape index (κ2) is 7.88. The van der Waals surface area contributed by atoms with E-state index >= 15 is 0 Å². The van der Waals surface area contributed by atoms with Gasteiger partial charge in [-0.2, -0.15) is 0 Å². The number of thiophene rings is 1. The van der Waals surface area contributed by atoms with Crippen LogP contribution in [0.4, 0.5) is 5.69 Å². The molecule has 1 saturated carbocycles. The zero-order valence-corrected chi connectivity index (χ0v) is 15.4. The number of anilines is 1. The monoisotopic (exact) mass is 394 g/mol. The SMILES string of the molecule is O=C(CNC(=O)c1ccc(NS(=O)(=O)c2cccs2)cc1)OCC1CC1. The van der Waals surface area contributed by atoms with Crippen LogP contribution in [-0.4, -0.2) is 33.4 Å². The molecule has 0 radical (unpaired) electrons. The van der Waals surface area contributed by atoms with Gasteiger partial charge >= 0.3 is 5.97 Å². The van der Waals surface area contributed by atoms with E-state index in [-0.39, 0.29) is 10.8 Å². The summed E-state index contributed by atoms with van der Waals surface area (Å²) in [6, 6.07) is 9.12. The fraction of sp³-hybridized carbons (Fsp3) is 0.294. The Labute approximate surface area is 155 Å². The smallest absolute Gasteiger partial charge is 0.325 e. The molecule has 138 valence electrons. The highest BCUT2D eigenvalue weighted by Crippen LogP contribution is 2.28. The van der Waals surface area contributed by atoms with Gasteiger partial charge in [-0.25, -0.2) is 8.42 Å². The first-order valence-corrected chi connectivity index (χ1v) is 10.4. The van der Waals surface area contributed by atoms with Crippen LogP contribution in [-0.2, 0) is 19.6 Å². The van der Waals surface area contributed by atoms with Crippen LogP contribution in [0.2, 0.25) is 0 Å². The quantitative estimate of drug-likeness (QED) is 0.669. The largest absolute Gasteiger partial charge is 0.464 e.